The number of hydrogen-bond acceptors (Lipinski definition) is 4. The van der Waals surface area contributed by atoms with Crippen LogP contribution in [0.4, 0.5) is 0 Å². The predicted molar refractivity (Wildman–Crippen MR) is 118 cm³/mol. The normalized spacial score (nSPS) is 19.9. The minimum atomic E-state index is -0.440. The van der Waals surface area contributed by atoms with Gasteiger partial charge in [0.05, 0.1) is 11.2 Å². The van der Waals surface area contributed by atoms with Gasteiger partial charge in [-0.15, -0.1) is 0 Å². The minimum absolute atomic E-state index is 0.360. The smallest absolute Gasteiger partial charge is 0.405 e. The van der Waals surface area contributed by atoms with Crippen molar-refractivity contribution in [2.75, 3.05) is 6.54 Å². The molecule has 0 aromatic rings. The average molecular weight is 368 g/mol. The fourth-order valence-electron chi connectivity index (χ4n) is 2.37. The Morgan fingerprint density at radius 3 is 1.92 bits per heavy atom. The summed E-state index contributed by atoms with van der Waals surface area (Å²) in [5, 5.41) is 0. The van der Waals surface area contributed by atoms with Gasteiger partial charge in [-0.2, -0.15) is 0 Å². The molecule has 0 saturated carbocycles. The molecular weight excluding hydrogens is 323 g/mol. The van der Waals surface area contributed by atoms with Crippen molar-refractivity contribution >= 4 is 12.8 Å². The number of nitrogens with two attached hydrogens (primary N) is 1. The summed E-state index contributed by atoms with van der Waals surface area (Å²) in [5.41, 5.74) is 6.83. The molecule has 0 aromatic heterocycles. The van der Waals surface area contributed by atoms with Crippen LogP contribution in [0.3, 0.4) is 0 Å². The van der Waals surface area contributed by atoms with E-state index in [0.29, 0.717) is 5.92 Å². The Morgan fingerprint density at radius 1 is 1.08 bits per heavy atom. The quantitative estimate of drug-likeness (QED) is 0.456. The van der Waals surface area contributed by atoms with Crippen LogP contribution in [0.5, 0.6) is 0 Å². The fraction of sp³-hybridized carbons (Fsp3) is 0.857. The molecule has 1 fully saturated rings. The molecule has 0 bridgehead atoms. The van der Waals surface area contributed by atoms with E-state index in [-0.39, 0.29) is 11.2 Å². The van der Waals surface area contributed by atoms with Crippen LogP contribution in [0.25, 0.3) is 0 Å². The lowest BCUT2D eigenvalue weighted by Gasteiger charge is -2.32. The standard InChI is InChI=1S/C17H33BN2O2.2C2H6/c1-8-9-10-13(2)12-20-14(3)15(11-19)18-21-16(4,5)17(6,7)22-18;2*1-2/h11,13H,8-10,12,19H2,1-7H3;2*1-2H3/b15-11+,20-14?;;. The molecule has 154 valence electrons. The molecule has 1 atom stereocenters. The van der Waals surface area contributed by atoms with Gasteiger partial charge in [0.15, 0.2) is 0 Å². The van der Waals surface area contributed by atoms with Gasteiger partial charge in [-0.1, -0.05) is 54.4 Å². The number of aliphatic imine (C=N–C) groups is 1. The molecule has 4 nitrogen and oxygen atoms in total. The first-order valence-corrected chi connectivity index (χ1v) is 10.4. The molecule has 1 aliphatic heterocycles. The molecule has 0 spiro atoms. The number of allylic oxidation sites excluding steroid dienone is 1. The highest BCUT2D eigenvalue weighted by Gasteiger charge is 2.52. The SMILES string of the molecule is CC.CC.CCCCC(C)CN=C(C)/C(=C\N)B1OC(C)(C)C(C)(C)O1. The van der Waals surface area contributed by atoms with Crippen molar-refractivity contribution in [3.05, 3.63) is 11.7 Å². The zero-order chi connectivity index (χ0) is 21.0. The van der Waals surface area contributed by atoms with E-state index in [0.717, 1.165) is 17.7 Å². The molecule has 2 N–H and O–H groups in total. The van der Waals surface area contributed by atoms with Crippen molar-refractivity contribution in [2.45, 2.75) is 107 Å². The van der Waals surface area contributed by atoms with Crippen molar-refractivity contribution in [1.29, 1.82) is 0 Å². The molecule has 5 heteroatoms. The molecule has 0 amide bonds. The average Bonchev–Trinajstić information content (AvgIpc) is 2.82. The second-order valence-corrected chi connectivity index (χ2v) is 7.38. The summed E-state index contributed by atoms with van der Waals surface area (Å²) < 4.78 is 12.1. The third-order valence-electron chi connectivity index (χ3n) is 4.80. The lowest BCUT2D eigenvalue weighted by molar-refractivity contribution is 0.00578. The van der Waals surface area contributed by atoms with Gasteiger partial charge in [-0.25, -0.2) is 0 Å². The highest BCUT2D eigenvalue weighted by atomic mass is 16.7. The Kier molecular flexibility index (Phi) is 14.1. The van der Waals surface area contributed by atoms with E-state index in [1.54, 1.807) is 6.20 Å². The van der Waals surface area contributed by atoms with Crippen molar-refractivity contribution in [1.82, 2.24) is 0 Å². The summed E-state index contributed by atoms with van der Waals surface area (Å²) in [7, 11) is -0.440. The molecule has 0 aliphatic carbocycles. The van der Waals surface area contributed by atoms with Gasteiger partial charge < -0.3 is 15.0 Å². The Morgan fingerprint density at radius 2 is 1.54 bits per heavy atom. The number of unbranched alkanes of at least 4 members (excludes halogenated alkanes) is 1. The van der Waals surface area contributed by atoms with Gasteiger partial charge in [0.1, 0.15) is 0 Å². The Balaban J connectivity index is 0. The van der Waals surface area contributed by atoms with Crippen molar-refractivity contribution in [3.8, 4) is 0 Å². The van der Waals surface area contributed by atoms with Gasteiger partial charge in [0.2, 0.25) is 0 Å². The van der Waals surface area contributed by atoms with E-state index in [4.69, 9.17) is 20.0 Å². The summed E-state index contributed by atoms with van der Waals surface area (Å²) in [6.07, 6.45) is 5.27. The molecule has 0 radical (unpaired) electrons. The lowest BCUT2D eigenvalue weighted by Crippen LogP contribution is -2.41. The van der Waals surface area contributed by atoms with Crippen LogP contribution < -0.4 is 5.73 Å². The Labute approximate surface area is 164 Å². The molecule has 26 heavy (non-hydrogen) atoms. The summed E-state index contributed by atoms with van der Waals surface area (Å²) in [4.78, 5) is 4.70. The summed E-state index contributed by atoms with van der Waals surface area (Å²) in [6, 6.07) is 0. The number of nitrogens with zero attached hydrogens (tertiary/aromatic N) is 1. The topological polar surface area (TPSA) is 56.8 Å². The summed E-state index contributed by atoms with van der Waals surface area (Å²) in [5.74, 6) is 0.590. The molecule has 1 saturated heterocycles. The number of hydrogen-bond donors (Lipinski definition) is 1. The predicted octanol–water partition coefficient (Wildman–Crippen LogP) is 5.80. The molecule has 1 rings (SSSR count). The fourth-order valence-corrected chi connectivity index (χ4v) is 2.37. The molecule has 0 aromatic carbocycles. The molecule has 1 unspecified atom stereocenters. The van der Waals surface area contributed by atoms with Crippen LogP contribution >= 0.6 is 0 Å². The van der Waals surface area contributed by atoms with Gasteiger partial charge in [-0.05, 0) is 53.2 Å². The first-order chi connectivity index (χ1) is 12.1. The van der Waals surface area contributed by atoms with E-state index in [1.165, 1.54) is 19.3 Å². The highest BCUT2D eigenvalue weighted by molar-refractivity contribution is 6.62. The van der Waals surface area contributed by atoms with E-state index in [2.05, 4.69) is 13.8 Å². The van der Waals surface area contributed by atoms with Gasteiger partial charge in [-0.3, -0.25) is 4.99 Å². The minimum Gasteiger partial charge on any atom is -0.405 e. The zero-order valence-corrected chi connectivity index (χ0v) is 19.4. The first-order valence-electron chi connectivity index (χ1n) is 10.4. The van der Waals surface area contributed by atoms with E-state index >= 15 is 0 Å². The maximum atomic E-state index is 6.06. The second-order valence-electron chi connectivity index (χ2n) is 7.38. The second kappa shape index (κ2) is 13.4. The molecule has 1 aliphatic rings. The monoisotopic (exact) mass is 368 g/mol. The van der Waals surface area contributed by atoms with Crippen LogP contribution in [0.2, 0.25) is 0 Å². The number of rotatable bonds is 7. The highest BCUT2D eigenvalue weighted by Crippen LogP contribution is 2.38. The van der Waals surface area contributed by atoms with Gasteiger partial charge in [0, 0.05) is 17.7 Å². The summed E-state index contributed by atoms with van der Waals surface area (Å²) >= 11 is 0. The maximum absolute atomic E-state index is 6.06. The lowest BCUT2D eigenvalue weighted by atomic mass is 9.76. The Bertz CT molecular complexity index is 416. The third-order valence-corrected chi connectivity index (χ3v) is 4.80. The van der Waals surface area contributed by atoms with Crippen molar-refractivity contribution < 1.29 is 9.31 Å². The molecular formula is C21H45BN2O2. The maximum Gasteiger partial charge on any atom is 0.498 e. The van der Waals surface area contributed by atoms with Crippen LogP contribution in [0.15, 0.2) is 16.7 Å². The first kappa shape index (κ1) is 27.4. The van der Waals surface area contributed by atoms with Gasteiger partial charge >= 0.3 is 7.12 Å². The van der Waals surface area contributed by atoms with Crippen LogP contribution in [-0.2, 0) is 9.31 Å². The van der Waals surface area contributed by atoms with Crippen LogP contribution in [0.1, 0.15) is 95.4 Å². The van der Waals surface area contributed by atoms with E-state index < -0.39 is 7.12 Å². The largest absolute Gasteiger partial charge is 0.498 e. The summed E-state index contributed by atoms with van der Waals surface area (Å²) in [6.45, 7) is 23.4. The third kappa shape index (κ3) is 8.26. The van der Waals surface area contributed by atoms with E-state index in [1.807, 2.05) is 62.3 Å². The Hall–Kier alpha value is -0.805. The van der Waals surface area contributed by atoms with Crippen LogP contribution in [-0.4, -0.2) is 30.6 Å². The van der Waals surface area contributed by atoms with Crippen molar-refractivity contribution in [3.63, 3.8) is 0 Å². The molecule has 1 heterocycles. The van der Waals surface area contributed by atoms with Gasteiger partial charge in [0.25, 0.3) is 0 Å². The zero-order valence-electron chi connectivity index (χ0n) is 19.4. The van der Waals surface area contributed by atoms with Crippen LogP contribution in [0, 0.1) is 5.92 Å². The van der Waals surface area contributed by atoms with E-state index in [9.17, 15) is 0 Å². The van der Waals surface area contributed by atoms with Crippen molar-refractivity contribution in [2.24, 2.45) is 16.6 Å².